The molecule has 0 aliphatic heterocycles. The van der Waals surface area contributed by atoms with Crippen molar-refractivity contribution in [3.63, 3.8) is 0 Å². The van der Waals surface area contributed by atoms with Gasteiger partial charge in [-0.1, -0.05) is 11.6 Å². The van der Waals surface area contributed by atoms with Crippen LogP contribution in [0.2, 0.25) is 5.02 Å². The second kappa shape index (κ2) is 4.84. The second-order valence-electron chi connectivity index (χ2n) is 2.95. The Kier molecular flexibility index (Phi) is 4.00. The van der Waals surface area contributed by atoms with Crippen LogP contribution in [-0.2, 0) is 0 Å². The lowest BCUT2D eigenvalue weighted by atomic mass is 10.3. The van der Waals surface area contributed by atoms with E-state index in [2.05, 4.69) is 27.9 Å². The Morgan fingerprint density at radius 3 is 2.64 bits per heavy atom. The van der Waals surface area contributed by atoms with Crippen LogP contribution in [0, 0.1) is 3.57 Å². The summed E-state index contributed by atoms with van der Waals surface area (Å²) in [5.41, 5.74) is 0.772. The van der Waals surface area contributed by atoms with Crippen molar-refractivity contribution in [3.05, 3.63) is 26.8 Å². The zero-order valence-corrected chi connectivity index (χ0v) is 10.8. The van der Waals surface area contributed by atoms with Crippen LogP contribution in [0.4, 0.5) is 10.5 Å². The molecule has 1 aromatic carbocycles. The van der Waals surface area contributed by atoms with Gasteiger partial charge in [-0.15, -0.1) is 0 Å². The minimum atomic E-state index is -0.148. The maximum atomic E-state index is 11.3. The lowest BCUT2D eigenvalue weighted by Gasteiger charge is -2.13. The topological polar surface area (TPSA) is 32.3 Å². The van der Waals surface area contributed by atoms with Gasteiger partial charge >= 0.3 is 6.03 Å². The van der Waals surface area contributed by atoms with Crippen molar-refractivity contribution in [2.24, 2.45) is 0 Å². The Hall–Kier alpha value is -0.490. The number of rotatable bonds is 1. The number of urea groups is 1. The summed E-state index contributed by atoms with van der Waals surface area (Å²) in [5, 5.41) is 3.42. The van der Waals surface area contributed by atoms with Crippen molar-refractivity contribution >= 4 is 45.9 Å². The smallest absolute Gasteiger partial charge is 0.321 e. The number of hydrogen-bond acceptors (Lipinski definition) is 1. The van der Waals surface area contributed by atoms with Crippen LogP contribution in [-0.4, -0.2) is 25.0 Å². The first-order valence-electron chi connectivity index (χ1n) is 3.94. The molecule has 0 aromatic heterocycles. The first-order valence-corrected chi connectivity index (χ1v) is 5.39. The minimum Gasteiger partial charge on any atom is -0.331 e. The summed E-state index contributed by atoms with van der Waals surface area (Å²) >= 11 is 7.91. The fourth-order valence-electron chi connectivity index (χ4n) is 0.818. The van der Waals surface area contributed by atoms with Gasteiger partial charge in [-0.05, 0) is 40.8 Å². The third kappa shape index (κ3) is 3.02. The molecule has 3 nitrogen and oxygen atoms in total. The molecule has 0 spiro atoms. The monoisotopic (exact) mass is 324 g/mol. The van der Waals surface area contributed by atoms with Crippen molar-refractivity contribution in [1.82, 2.24) is 4.90 Å². The molecule has 0 unspecified atom stereocenters. The first-order chi connectivity index (χ1) is 6.50. The van der Waals surface area contributed by atoms with Gasteiger partial charge in [-0.2, -0.15) is 0 Å². The second-order valence-corrected chi connectivity index (χ2v) is 4.55. The molecule has 5 heteroatoms. The van der Waals surface area contributed by atoms with Gasteiger partial charge in [-0.25, -0.2) is 4.79 Å². The summed E-state index contributed by atoms with van der Waals surface area (Å²) < 4.78 is 0.922. The van der Waals surface area contributed by atoms with Gasteiger partial charge in [0.1, 0.15) is 0 Å². The van der Waals surface area contributed by atoms with E-state index in [1.54, 1.807) is 32.3 Å². The van der Waals surface area contributed by atoms with E-state index in [9.17, 15) is 4.79 Å². The molecular weight excluding hydrogens is 314 g/mol. The molecule has 0 heterocycles. The zero-order valence-electron chi connectivity index (χ0n) is 7.84. The Balaban J connectivity index is 2.82. The first kappa shape index (κ1) is 11.6. The molecule has 0 saturated carbocycles. The fourth-order valence-corrected chi connectivity index (χ4v) is 1.82. The predicted molar refractivity (Wildman–Crippen MR) is 66.9 cm³/mol. The highest BCUT2D eigenvalue weighted by atomic mass is 127. The molecule has 2 amide bonds. The van der Waals surface area contributed by atoms with E-state index in [0.717, 1.165) is 9.26 Å². The molecule has 0 radical (unpaired) electrons. The lowest BCUT2D eigenvalue weighted by molar-refractivity contribution is 0.230. The number of amides is 2. The Morgan fingerprint density at radius 1 is 1.50 bits per heavy atom. The molecule has 0 aliphatic rings. The SMILES string of the molecule is CN(C)C(=O)Nc1ccc(Cl)cc1I. The van der Waals surface area contributed by atoms with E-state index < -0.39 is 0 Å². The van der Waals surface area contributed by atoms with Crippen LogP contribution in [0.1, 0.15) is 0 Å². The number of carbonyl (C=O) groups is 1. The van der Waals surface area contributed by atoms with Crippen molar-refractivity contribution in [3.8, 4) is 0 Å². The van der Waals surface area contributed by atoms with Gasteiger partial charge in [0.25, 0.3) is 0 Å². The van der Waals surface area contributed by atoms with E-state index >= 15 is 0 Å². The average molecular weight is 325 g/mol. The van der Waals surface area contributed by atoms with Crippen LogP contribution < -0.4 is 5.32 Å². The van der Waals surface area contributed by atoms with Crippen molar-refractivity contribution in [2.45, 2.75) is 0 Å². The van der Waals surface area contributed by atoms with Crippen LogP contribution in [0.3, 0.4) is 0 Å². The van der Waals surface area contributed by atoms with Crippen molar-refractivity contribution in [2.75, 3.05) is 19.4 Å². The van der Waals surface area contributed by atoms with Crippen LogP contribution in [0.25, 0.3) is 0 Å². The number of nitrogens with zero attached hydrogens (tertiary/aromatic N) is 1. The van der Waals surface area contributed by atoms with Crippen molar-refractivity contribution < 1.29 is 4.79 Å². The van der Waals surface area contributed by atoms with Gasteiger partial charge in [0.05, 0.1) is 5.69 Å². The van der Waals surface area contributed by atoms with E-state index in [1.165, 1.54) is 4.90 Å². The van der Waals surface area contributed by atoms with E-state index in [1.807, 2.05) is 0 Å². The van der Waals surface area contributed by atoms with Crippen LogP contribution >= 0.6 is 34.2 Å². The Bertz CT molecular complexity index is 355. The summed E-state index contributed by atoms with van der Waals surface area (Å²) in [4.78, 5) is 12.8. The quantitative estimate of drug-likeness (QED) is 0.791. The van der Waals surface area contributed by atoms with Gasteiger partial charge in [0, 0.05) is 22.7 Å². The Morgan fingerprint density at radius 2 is 2.14 bits per heavy atom. The minimum absolute atomic E-state index is 0.148. The number of anilines is 1. The van der Waals surface area contributed by atoms with E-state index in [4.69, 9.17) is 11.6 Å². The van der Waals surface area contributed by atoms with Gasteiger partial charge in [0.15, 0.2) is 0 Å². The maximum absolute atomic E-state index is 11.3. The molecule has 1 aromatic rings. The van der Waals surface area contributed by atoms with Crippen LogP contribution in [0.5, 0.6) is 0 Å². The maximum Gasteiger partial charge on any atom is 0.321 e. The number of nitrogens with one attached hydrogen (secondary N) is 1. The molecule has 76 valence electrons. The third-order valence-corrected chi connectivity index (χ3v) is 2.71. The third-order valence-electron chi connectivity index (χ3n) is 1.58. The highest BCUT2D eigenvalue weighted by molar-refractivity contribution is 14.1. The number of carbonyl (C=O) groups excluding carboxylic acids is 1. The average Bonchev–Trinajstić information content (AvgIpc) is 2.09. The van der Waals surface area contributed by atoms with E-state index in [-0.39, 0.29) is 6.03 Å². The standard InChI is InChI=1S/C9H10ClIN2O/c1-13(2)9(14)12-8-4-3-6(10)5-7(8)11/h3-5H,1-2H3,(H,12,14). The number of benzene rings is 1. The summed E-state index contributed by atoms with van der Waals surface area (Å²) in [6.45, 7) is 0. The summed E-state index contributed by atoms with van der Waals surface area (Å²) in [5.74, 6) is 0. The van der Waals surface area contributed by atoms with Gasteiger partial charge < -0.3 is 10.2 Å². The lowest BCUT2D eigenvalue weighted by Crippen LogP contribution is -2.27. The summed E-state index contributed by atoms with van der Waals surface area (Å²) in [6, 6.07) is 5.18. The molecule has 1 rings (SSSR count). The number of hydrogen-bond donors (Lipinski definition) is 1. The normalized spacial score (nSPS) is 9.71. The molecule has 14 heavy (non-hydrogen) atoms. The molecule has 0 fully saturated rings. The Labute approximate surface area is 102 Å². The molecule has 0 bridgehead atoms. The zero-order chi connectivity index (χ0) is 10.7. The molecule has 0 saturated heterocycles. The van der Waals surface area contributed by atoms with Gasteiger partial charge in [0.2, 0.25) is 0 Å². The summed E-state index contributed by atoms with van der Waals surface area (Å²) in [7, 11) is 3.39. The molecule has 0 atom stereocenters. The highest BCUT2D eigenvalue weighted by Crippen LogP contribution is 2.22. The van der Waals surface area contributed by atoms with E-state index in [0.29, 0.717) is 5.02 Å². The predicted octanol–water partition coefficient (Wildman–Crippen LogP) is 3.04. The van der Waals surface area contributed by atoms with Gasteiger partial charge in [-0.3, -0.25) is 0 Å². The van der Waals surface area contributed by atoms with Crippen molar-refractivity contribution in [1.29, 1.82) is 0 Å². The number of halogens is 2. The van der Waals surface area contributed by atoms with Crippen LogP contribution in [0.15, 0.2) is 18.2 Å². The molecular formula is C9H10ClIN2O. The fraction of sp³-hybridized carbons (Fsp3) is 0.222. The summed E-state index contributed by atoms with van der Waals surface area (Å²) in [6.07, 6.45) is 0. The highest BCUT2D eigenvalue weighted by Gasteiger charge is 2.06. The largest absolute Gasteiger partial charge is 0.331 e. The molecule has 0 aliphatic carbocycles. The molecule has 1 N–H and O–H groups in total.